The number of aliphatic hydroxyl groups is 1. The molecular formula is C14H20N2O4S. The molecule has 0 aromatic carbocycles. The highest BCUT2D eigenvalue weighted by Crippen LogP contribution is 2.27. The van der Waals surface area contributed by atoms with Gasteiger partial charge < -0.3 is 10.4 Å². The average molecular weight is 312 g/mol. The molecule has 1 aliphatic rings. The standard InChI is InChI=1S/C14H20N2O4S/c1-21(19,20)11-6-5-9-15-12(11)13(17)16-10-14(18)7-3-2-4-8-14/h5-6,9,18H,2-4,7-8,10H2,1H3,(H,16,17). The van der Waals surface area contributed by atoms with Crippen LogP contribution in [0, 0.1) is 0 Å². The minimum atomic E-state index is -3.52. The van der Waals surface area contributed by atoms with E-state index in [1.165, 1.54) is 18.3 Å². The second kappa shape index (κ2) is 6.11. The van der Waals surface area contributed by atoms with E-state index in [0.717, 1.165) is 25.5 Å². The van der Waals surface area contributed by atoms with E-state index in [0.29, 0.717) is 12.8 Å². The summed E-state index contributed by atoms with van der Waals surface area (Å²) in [5, 5.41) is 12.9. The van der Waals surface area contributed by atoms with Crippen LogP contribution >= 0.6 is 0 Å². The first-order valence-corrected chi connectivity index (χ1v) is 8.87. The van der Waals surface area contributed by atoms with E-state index < -0.39 is 21.3 Å². The Hall–Kier alpha value is -1.47. The van der Waals surface area contributed by atoms with E-state index in [1.54, 1.807) is 0 Å². The second-order valence-corrected chi connectivity index (χ2v) is 7.57. The van der Waals surface area contributed by atoms with Crippen molar-refractivity contribution < 1.29 is 18.3 Å². The van der Waals surface area contributed by atoms with Crippen LogP contribution in [-0.4, -0.2) is 42.8 Å². The summed E-state index contributed by atoms with van der Waals surface area (Å²) in [4.78, 5) is 15.9. The van der Waals surface area contributed by atoms with Gasteiger partial charge in [0.1, 0.15) is 5.69 Å². The molecule has 0 spiro atoms. The minimum absolute atomic E-state index is 0.0990. The second-order valence-electron chi connectivity index (χ2n) is 5.59. The summed E-state index contributed by atoms with van der Waals surface area (Å²) >= 11 is 0. The Balaban J connectivity index is 2.11. The molecule has 1 heterocycles. The van der Waals surface area contributed by atoms with E-state index in [2.05, 4.69) is 10.3 Å². The van der Waals surface area contributed by atoms with Gasteiger partial charge in [0.15, 0.2) is 9.84 Å². The van der Waals surface area contributed by atoms with Gasteiger partial charge in [-0.05, 0) is 25.0 Å². The van der Waals surface area contributed by atoms with Crippen molar-refractivity contribution >= 4 is 15.7 Å². The maximum absolute atomic E-state index is 12.1. The molecule has 7 heteroatoms. The molecule has 2 rings (SSSR count). The van der Waals surface area contributed by atoms with Crippen molar-refractivity contribution in [1.29, 1.82) is 0 Å². The first-order valence-electron chi connectivity index (χ1n) is 6.97. The summed E-state index contributed by atoms with van der Waals surface area (Å²) in [5.74, 6) is -0.574. The number of rotatable bonds is 4. The topological polar surface area (TPSA) is 96.4 Å². The molecule has 21 heavy (non-hydrogen) atoms. The van der Waals surface area contributed by atoms with Crippen molar-refractivity contribution in [2.45, 2.75) is 42.6 Å². The zero-order valence-electron chi connectivity index (χ0n) is 12.0. The Morgan fingerprint density at radius 1 is 1.38 bits per heavy atom. The predicted octanol–water partition coefficient (Wildman–Crippen LogP) is 0.910. The zero-order chi connectivity index (χ0) is 15.5. The number of sulfone groups is 1. The van der Waals surface area contributed by atoms with Crippen LogP contribution in [0.1, 0.15) is 42.6 Å². The highest BCUT2D eigenvalue weighted by molar-refractivity contribution is 7.90. The maximum atomic E-state index is 12.1. The van der Waals surface area contributed by atoms with Gasteiger partial charge >= 0.3 is 0 Å². The third-order valence-corrected chi connectivity index (χ3v) is 4.88. The van der Waals surface area contributed by atoms with E-state index in [4.69, 9.17) is 0 Å². The molecule has 0 atom stereocenters. The monoisotopic (exact) mass is 312 g/mol. The summed E-state index contributed by atoms with van der Waals surface area (Å²) in [6.45, 7) is 0.117. The Morgan fingerprint density at radius 2 is 2.05 bits per heavy atom. The molecule has 1 saturated carbocycles. The lowest BCUT2D eigenvalue weighted by Gasteiger charge is -2.32. The van der Waals surface area contributed by atoms with Crippen LogP contribution in [0.5, 0.6) is 0 Å². The summed E-state index contributed by atoms with van der Waals surface area (Å²) in [7, 11) is -3.52. The van der Waals surface area contributed by atoms with Gasteiger partial charge in [0.25, 0.3) is 5.91 Å². The summed E-state index contributed by atoms with van der Waals surface area (Å²) in [6.07, 6.45) is 6.67. The highest BCUT2D eigenvalue weighted by Gasteiger charge is 2.30. The number of hydrogen-bond donors (Lipinski definition) is 2. The Kier molecular flexibility index (Phi) is 4.63. The molecule has 0 bridgehead atoms. The molecule has 1 aliphatic carbocycles. The Bertz CT molecular complexity index is 622. The van der Waals surface area contributed by atoms with Crippen LogP contribution in [0.15, 0.2) is 23.2 Å². The smallest absolute Gasteiger partial charge is 0.271 e. The highest BCUT2D eigenvalue weighted by atomic mass is 32.2. The average Bonchev–Trinajstić information content (AvgIpc) is 2.45. The number of aromatic nitrogens is 1. The van der Waals surface area contributed by atoms with Crippen molar-refractivity contribution in [2.24, 2.45) is 0 Å². The Morgan fingerprint density at radius 3 is 2.67 bits per heavy atom. The largest absolute Gasteiger partial charge is 0.388 e. The molecule has 1 amide bonds. The van der Waals surface area contributed by atoms with Crippen LogP contribution < -0.4 is 5.32 Å². The number of nitrogens with zero attached hydrogens (tertiary/aromatic N) is 1. The maximum Gasteiger partial charge on any atom is 0.271 e. The summed E-state index contributed by atoms with van der Waals surface area (Å²) in [5.41, 5.74) is -1.02. The normalized spacial score (nSPS) is 18.2. The van der Waals surface area contributed by atoms with Crippen molar-refractivity contribution in [3.8, 4) is 0 Å². The number of carbonyl (C=O) groups excluding carboxylic acids is 1. The first-order chi connectivity index (χ1) is 9.82. The lowest BCUT2D eigenvalue weighted by atomic mass is 9.85. The molecule has 2 N–H and O–H groups in total. The van der Waals surface area contributed by atoms with Crippen molar-refractivity contribution in [3.63, 3.8) is 0 Å². The Labute approximate surface area is 124 Å². The van der Waals surface area contributed by atoms with Gasteiger partial charge in [0.05, 0.1) is 10.5 Å². The molecule has 0 saturated heterocycles. The van der Waals surface area contributed by atoms with Gasteiger partial charge in [-0.25, -0.2) is 13.4 Å². The van der Waals surface area contributed by atoms with Gasteiger partial charge in [0, 0.05) is 19.0 Å². The fraction of sp³-hybridized carbons (Fsp3) is 0.571. The van der Waals surface area contributed by atoms with E-state index in [1.807, 2.05) is 0 Å². The van der Waals surface area contributed by atoms with Gasteiger partial charge in [-0.3, -0.25) is 4.79 Å². The number of carbonyl (C=O) groups is 1. The van der Waals surface area contributed by atoms with Gasteiger partial charge in [-0.1, -0.05) is 19.3 Å². The SMILES string of the molecule is CS(=O)(=O)c1cccnc1C(=O)NCC1(O)CCCCC1. The molecule has 1 aromatic heterocycles. The van der Waals surface area contributed by atoms with Crippen LogP contribution in [0.2, 0.25) is 0 Å². The molecular weight excluding hydrogens is 292 g/mol. The number of nitrogens with one attached hydrogen (secondary N) is 1. The fourth-order valence-electron chi connectivity index (χ4n) is 2.58. The molecule has 116 valence electrons. The van der Waals surface area contributed by atoms with Crippen LogP contribution in [-0.2, 0) is 9.84 Å². The molecule has 1 aromatic rings. The molecule has 0 unspecified atom stereocenters. The van der Waals surface area contributed by atoms with Gasteiger partial charge in [-0.2, -0.15) is 0 Å². The summed E-state index contributed by atoms with van der Waals surface area (Å²) in [6, 6.07) is 2.83. The number of amides is 1. The van der Waals surface area contributed by atoms with E-state index >= 15 is 0 Å². The van der Waals surface area contributed by atoms with Gasteiger partial charge in [0.2, 0.25) is 0 Å². The molecule has 6 nitrogen and oxygen atoms in total. The predicted molar refractivity (Wildman–Crippen MR) is 77.7 cm³/mol. The van der Waals surface area contributed by atoms with Crippen molar-refractivity contribution in [3.05, 3.63) is 24.0 Å². The lowest BCUT2D eigenvalue weighted by molar-refractivity contribution is 0.00518. The van der Waals surface area contributed by atoms with E-state index in [-0.39, 0.29) is 17.1 Å². The van der Waals surface area contributed by atoms with Crippen LogP contribution in [0.4, 0.5) is 0 Å². The van der Waals surface area contributed by atoms with Gasteiger partial charge in [-0.15, -0.1) is 0 Å². The molecule has 1 fully saturated rings. The fourth-order valence-corrected chi connectivity index (χ4v) is 3.40. The number of hydrogen-bond acceptors (Lipinski definition) is 5. The lowest BCUT2D eigenvalue weighted by Crippen LogP contribution is -2.44. The molecule has 0 aliphatic heterocycles. The van der Waals surface area contributed by atoms with Crippen LogP contribution in [0.3, 0.4) is 0 Å². The van der Waals surface area contributed by atoms with Crippen molar-refractivity contribution in [2.75, 3.05) is 12.8 Å². The first kappa shape index (κ1) is 15.9. The third-order valence-electron chi connectivity index (χ3n) is 3.75. The minimum Gasteiger partial charge on any atom is -0.388 e. The zero-order valence-corrected chi connectivity index (χ0v) is 12.8. The van der Waals surface area contributed by atoms with Crippen molar-refractivity contribution in [1.82, 2.24) is 10.3 Å². The molecule has 0 radical (unpaired) electrons. The summed E-state index contributed by atoms with van der Waals surface area (Å²) < 4.78 is 23.3. The van der Waals surface area contributed by atoms with E-state index in [9.17, 15) is 18.3 Å². The third kappa shape index (κ3) is 4.01. The number of pyridine rings is 1. The quantitative estimate of drug-likeness (QED) is 0.861. The van der Waals surface area contributed by atoms with Crippen LogP contribution in [0.25, 0.3) is 0 Å².